The number of rotatable bonds is 6. The normalized spacial score (nSPS) is 12.0. The van der Waals surface area contributed by atoms with Crippen LogP contribution < -0.4 is 5.32 Å². The number of nitrogens with zero attached hydrogens (tertiary/aromatic N) is 2. The molecule has 128 valence electrons. The summed E-state index contributed by atoms with van der Waals surface area (Å²) in [4.78, 5) is 23.1. The molecule has 1 amide bonds. The average Bonchev–Trinajstić information content (AvgIpc) is 2.81. The van der Waals surface area contributed by atoms with Crippen molar-refractivity contribution >= 4 is 11.9 Å². The van der Waals surface area contributed by atoms with E-state index in [1.165, 1.54) is 12.1 Å². The van der Waals surface area contributed by atoms with Crippen molar-refractivity contribution in [3.63, 3.8) is 0 Å². The van der Waals surface area contributed by atoms with Crippen molar-refractivity contribution in [1.29, 1.82) is 0 Å². The van der Waals surface area contributed by atoms with Gasteiger partial charge in [0.2, 0.25) is 5.91 Å². The highest BCUT2D eigenvalue weighted by Crippen LogP contribution is 2.19. The molecule has 1 heterocycles. The Morgan fingerprint density at radius 3 is 2.46 bits per heavy atom. The van der Waals surface area contributed by atoms with Crippen LogP contribution in [0.3, 0.4) is 0 Å². The lowest BCUT2D eigenvalue weighted by molar-refractivity contribution is -0.141. The lowest BCUT2D eigenvalue weighted by Gasteiger charge is -2.12. The van der Waals surface area contributed by atoms with Crippen molar-refractivity contribution < 1.29 is 19.1 Å². The van der Waals surface area contributed by atoms with Crippen LogP contribution in [0.1, 0.15) is 30.3 Å². The molecule has 0 saturated heterocycles. The standard InChI is InChI=1S/C17H20FN3O3/c1-4-15(17(23)24)19-16(22)9-14-10(2)20-21(11(14)3)13-7-5-12(18)6-8-13/h5-8,15H,4,9H2,1-3H3,(H,19,22)(H,23,24). The van der Waals surface area contributed by atoms with Crippen LogP contribution in [-0.2, 0) is 16.0 Å². The topological polar surface area (TPSA) is 84.2 Å². The molecule has 1 aromatic heterocycles. The molecule has 0 aliphatic carbocycles. The largest absolute Gasteiger partial charge is 0.480 e. The second kappa shape index (κ2) is 7.25. The third kappa shape index (κ3) is 3.79. The van der Waals surface area contributed by atoms with Gasteiger partial charge in [0.25, 0.3) is 0 Å². The highest BCUT2D eigenvalue weighted by molar-refractivity contribution is 5.85. The zero-order chi connectivity index (χ0) is 17.9. The fourth-order valence-corrected chi connectivity index (χ4v) is 2.51. The zero-order valence-corrected chi connectivity index (χ0v) is 13.8. The Balaban J connectivity index is 2.21. The van der Waals surface area contributed by atoms with E-state index in [9.17, 15) is 14.0 Å². The number of nitrogens with one attached hydrogen (secondary N) is 1. The monoisotopic (exact) mass is 333 g/mol. The van der Waals surface area contributed by atoms with E-state index in [4.69, 9.17) is 5.11 Å². The number of hydrogen-bond acceptors (Lipinski definition) is 3. The fraction of sp³-hybridized carbons (Fsp3) is 0.353. The van der Waals surface area contributed by atoms with Gasteiger partial charge in [0.1, 0.15) is 11.9 Å². The molecule has 24 heavy (non-hydrogen) atoms. The first kappa shape index (κ1) is 17.7. The summed E-state index contributed by atoms with van der Waals surface area (Å²) in [6.07, 6.45) is 0.358. The van der Waals surface area contributed by atoms with Crippen LogP contribution in [0.15, 0.2) is 24.3 Å². The number of hydrogen-bond donors (Lipinski definition) is 2. The SMILES string of the molecule is CCC(NC(=O)Cc1c(C)nn(-c2ccc(F)cc2)c1C)C(=O)O. The number of benzene rings is 1. The summed E-state index contributed by atoms with van der Waals surface area (Å²) in [5.74, 6) is -1.76. The molecule has 0 saturated carbocycles. The van der Waals surface area contributed by atoms with Gasteiger partial charge < -0.3 is 10.4 Å². The minimum Gasteiger partial charge on any atom is -0.480 e. The van der Waals surface area contributed by atoms with Gasteiger partial charge in [-0.3, -0.25) is 4.79 Å². The van der Waals surface area contributed by atoms with E-state index < -0.39 is 12.0 Å². The predicted molar refractivity (Wildman–Crippen MR) is 86.6 cm³/mol. The zero-order valence-electron chi connectivity index (χ0n) is 13.8. The van der Waals surface area contributed by atoms with E-state index >= 15 is 0 Å². The van der Waals surface area contributed by atoms with Gasteiger partial charge in [-0.15, -0.1) is 0 Å². The number of halogens is 1. The predicted octanol–water partition coefficient (Wildman–Crippen LogP) is 2.15. The molecule has 1 unspecified atom stereocenters. The summed E-state index contributed by atoms with van der Waals surface area (Å²) in [6, 6.07) is 5.00. The first-order valence-electron chi connectivity index (χ1n) is 7.66. The van der Waals surface area contributed by atoms with E-state index in [2.05, 4.69) is 10.4 Å². The number of carbonyl (C=O) groups is 2. The first-order valence-corrected chi connectivity index (χ1v) is 7.66. The van der Waals surface area contributed by atoms with Gasteiger partial charge in [0.15, 0.2) is 0 Å². The number of carboxylic acid groups (broad SMARTS) is 1. The fourth-order valence-electron chi connectivity index (χ4n) is 2.51. The Hall–Kier alpha value is -2.70. The van der Waals surface area contributed by atoms with E-state index in [0.29, 0.717) is 17.8 Å². The van der Waals surface area contributed by atoms with E-state index in [1.807, 2.05) is 6.92 Å². The highest BCUT2D eigenvalue weighted by Gasteiger charge is 2.20. The quantitative estimate of drug-likeness (QED) is 0.848. The van der Waals surface area contributed by atoms with Crippen molar-refractivity contribution in [2.75, 3.05) is 0 Å². The Labute approximate surface area is 139 Å². The van der Waals surface area contributed by atoms with Crippen molar-refractivity contribution in [2.45, 2.75) is 39.7 Å². The Bertz CT molecular complexity index is 753. The summed E-state index contributed by atoms with van der Waals surface area (Å²) in [5, 5.41) is 15.9. The van der Waals surface area contributed by atoms with Crippen molar-refractivity contribution in [3.05, 3.63) is 47.0 Å². The van der Waals surface area contributed by atoms with Gasteiger partial charge in [-0.05, 0) is 44.5 Å². The van der Waals surface area contributed by atoms with Crippen LogP contribution in [0, 0.1) is 19.7 Å². The maximum Gasteiger partial charge on any atom is 0.326 e. The lowest BCUT2D eigenvalue weighted by Crippen LogP contribution is -2.41. The van der Waals surface area contributed by atoms with Crippen molar-refractivity contribution in [3.8, 4) is 5.69 Å². The number of carboxylic acids is 1. The maximum atomic E-state index is 13.0. The second-order valence-electron chi connectivity index (χ2n) is 5.58. The molecule has 0 spiro atoms. The van der Waals surface area contributed by atoms with Crippen LogP contribution in [-0.4, -0.2) is 32.8 Å². The molecular weight excluding hydrogens is 313 g/mol. The Morgan fingerprint density at radius 2 is 1.92 bits per heavy atom. The lowest BCUT2D eigenvalue weighted by atomic mass is 10.1. The minimum atomic E-state index is -1.05. The van der Waals surface area contributed by atoms with Crippen LogP contribution in [0.2, 0.25) is 0 Å². The van der Waals surface area contributed by atoms with Crippen molar-refractivity contribution in [1.82, 2.24) is 15.1 Å². The third-order valence-corrected chi connectivity index (χ3v) is 3.89. The van der Waals surface area contributed by atoms with Gasteiger partial charge in [0, 0.05) is 11.3 Å². The number of aryl methyl sites for hydroxylation is 1. The van der Waals surface area contributed by atoms with E-state index in [1.54, 1.807) is 30.7 Å². The van der Waals surface area contributed by atoms with Crippen LogP contribution in [0.25, 0.3) is 5.69 Å². The van der Waals surface area contributed by atoms with E-state index in [-0.39, 0.29) is 18.1 Å². The molecule has 2 N–H and O–H groups in total. The number of amides is 1. The minimum absolute atomic E-state index is 0.0443. The molecule has 0 aliphatic heterocycles. The summed E-state index contributed by atoms with van der Waals surface area (Å²) in [6.45, 7) is 5.30. The molecule has 0 radical (unpaired) electrons. The molecule has 1 atom stereocenters. The molecular formula is C17H20FN3O3. The summed E-state index contributed by atoms with van der Waals surface area (Å²) in [5.41, 5.74) is 2.87. The highest BCUT2D eigenvalue weighted by atomic mass is 19.1. The second-order valence-corrected chi connectivity index (χ2v) is 5.58. The van der Waals surface area contributed by atoms with E-state index in [0.717, 1.165) is 11.3 Å². The van der Waals surface area contributed by atoms with Crippen LogP contribution >= 0.6 is 0 Å². The Morgan fingerprint density at radius 1 is 1.29 bits per heavy atom. The smallest absolute Gasteiger partial charge is 0.326 e. The van der Waals surface area contributed by atoms with Gasteiger partial charge >= 0.3 is 5.97 Å². The molecule has 2 aromatic rings. The summed E-state index contributed by atoms with van der Waals surface area (Å²) in [7, 11) is 0. The molecule has 7 heteroatoms. The van der Waals surface area contributed by atoms with Gasteiger partial charge in [-0.2, -0.15) is 5.10 Å². The van der Waals surface area contributed by atoms with Crippen LogP contribution in [0.5, 0.6) is 0 Å². The first-order chi connectivity index (χ1) is 11.3. The molecule has 2 rings (SSSR count). The Kier molecular flexibility index (Phi) is 5.33. The molecule has 0 fully saturated rings. The number of aliphatic carboxylic acids is 1. The van der Waals surface area contributed by atoms with Crippen molar-refractivity contribution in [2.24, 2.45) is 0 Å². The number of carbonyl (C=O) groups excluding carboxylic acids is 1. The molecule has 6 nitrogen and oxygen atoms in total. The van der Waals surface area contributed by atoms with Gasteiger partial charge in [-0.1, -0.05) is 6.92 Å². The number of aromatic nitrogens is 2. The third-order valence-electron chi connectivity index (χ3n) is 3.89. The van der Waals surface area contributed by atoms with Gasteiger partial charge in [-0.25, -0.2) is 13.9 Å². The average molecular weight is 333 g/mol. The summed E-state index contributed by atoms with van der Waals surface area (Å²) < 4.78 is 14.7. The van der Waals surface area contributed by atoms with Gasteiger partial charge in [0.05, 0.1) is 17.8 Å². The molecule has 0 aliphatic rings. The van der Waals surface area contributed by atoms with Crippen LogP contribution in [0.4, 0.5) is 4.39 Å². The molecule has 0 bridgehead atoms. The molecule has 1 aromatic carbocycles. The summed E-state index contributed by atoms with van der Waals surface area (Å²) >= 11 is 0. The maximum absolute atomic E-state index is 13.0.